The molecule has 0 radical (unpaired) electrons. The molecule has 5 nitrogen and oxygen atoms in total. The van der Waals surface area contributed by atoms with Gasteiger partial charge in [-0.05, 0) is 29.5 Å². The summed E-state index contributed by atoms with van der Waals surface area (Å²) < 4.78 is 0. The molecule has 0 spiro atoms. The van der Waals surface area contributed by atoms with Crippen LogP contribution in [-0.2, 0) is 13.0 Å². The van der Waals surface area contributed by atoms with Crippen LogP contribution in [0.1, 0.15) is 16.7 Å². The maximum Gasteiger partial charge on any atom is 0.207 e. The molecule has 0 bridgehead atoms. The van der Waals surface area contributed by atoms with Crippen molar-refractivity contribution in [1.29, 1.82) is 5.26 Å². The Bertz CT molecular complexity index is 987. The Balaban J connectivity index is 1.86. The summed E-state index contributed by atoms with van der Waals surface area (Å²) in [5.74, 6) is 0.734. The molecule has 0 atom stereocenters. The van der Waals surface area contributed by atoms with Gasteiger partial charge in [0.25, 0.3) is 0 Å². The topological polar surface area (TPSA) is 78.3 Å². The quantitative estimate of drug-likeness (QED) is 0.416. The van der Waals surface area contributed by atoms with E-state index in [0.717, 1.165) is 22.2 Å². The molecular weight excluding hydrogens is 334 g/mol. The Morgan fingerprint density at radius 2 is 2.04 bits per heavy atom. The first-order valence-electron chi connectivity index (χ1n) is 8.98. The first-order chi connectivity index (χ1) is 13.2. The van der Waals surface area contributed by atoms with Crippen LogP contribution >= 0.6 is 0 Å². The highest BCUT2D eigenvalue weighted by Crippen LogP contribution is 2.17. The highest BCUT2D eigenvalue weighted by molar-refractivity contribution is 5.88. The summed E-state index contributed by atoms with van der Waals surface area (Å²) in [6.07, 6.45) is 6.17. The van der Waals surface area contributed by atoms with Crippen molar-refractivity contribution < 1.29 is 0 Å². The summed E-state index contributed by atoms with van der Waals surface area (Å²) in [5, 5.41) is 11.4. The Morgan fingerprint density at radius 3 is 2.81 bits per heavy atom. The number of pyridine rings is 1. The van der Waals surface area contributed by atoms with Gasteiger partial charge in [-0.3, -0.25) is 4.98 Å². The molecule has 27 heavy (non-hydrogen) atoms. The van der Waals surface area contributed by atoms with Gasteiger partial charge in [0.05, 0.1) is 0 Å². The highest BCUT2D eigenvalue weighted by atomic mass is 15.2. The van der Waals surface area contributed by atoms with Gasteiger partial charge in [-0.2, -0.15) is 10.3 Å². The minimum absolute atomic E-state index is 0.500. The second kappa shape index (κ2) is 8.93. The Labute approximate surface area is 159 Å². The molecule has 0 aliphatic heterocycles. The van der Waals surface area contributed by atoms with E-state index in [1.807, 2.05) is 24.5 Å². The van der Waals surface area contributed by atoms with E-state index < -0.39 is 0 Å². The van der Waals surface area contributed by atoms with Crippen molar-refractivity contribution in [3.05, 3.63) is 77.6 Å². The van der Waals surface area contributed by atoms with Crippen LogP contribution in [0.2, 0.25) is 0 Å². The lowest BCUT2D eigenvalue weighted by Gasteiger charge is -2.25. The predicted octanol–water partition coefficient (Wildman–Crippen LogP) is 3.43. The Morgan fingerprint density at radius 1 is 1.15 bits per heavy atom. The number of hydrogen-bond donors (Lipinski definition) is 1. The average molecular weight is 357 g/mol. The van der Waals surface area contributed by atoms with Crippen LogP contribution in [0.15, 0.2) is 65.9 Å². The van der Waals surface area contributed by atoms with Gasteiger partial charge in [-0.15, -0.1) is 0 Å². The van der Waals surface area contributed by atoms with Gasteiger partial charge < -0.3 is 10.6 Å². The second-order valence-corrected chi connectivity index (χ2v) is 6.56. The van der Waals surface area contributed by atoms with Crippen molar-refractivity contribution >= 4 is 16.6 Å². The fourth-order valence-electron chi connectivity index (χ4n) is 3.19. The van der Waals surface area contributed by atoms with E-state index in [0.29, 0.717) is 26.1 Å². The summed E-state index contributed by atoms with van der Waals surface area (Å²) >= 11 is 0. The van der Waals surface area contributed by atoms with Crippen LogP contribution in [0.4, 0.5) is 0 Å². The van der Waals surface area contributed by atoms with Gasteiger partial charge in [0.15, 0.2) is 0 Å². The third kappa shape index (κ3) is 4.90. The summed E-state index contributed by atoms with van der Waals surface area (Å²) in [6, 6.07) is 16.6. The van der Waals surface area contributed by atoms with Crippen LogP contribution < -0.4 is 5.73 Å². The van der Waals surface area contributed by atoms with Crippen LogP contribution in [-0.4, -0.2) is 28.8 Å². The molecule has 0 saturated heterocycles. The number of fused-ring (bicyclic) bond motifs is 1. The van der Waals surface area contributed by atoms with E-state index in [9.17, 15) is 5.26 Å². The SMILES string of the molecule is Cc1cccc(CN(CCN)C(Cc2ccc3cnccc3c2)=NC#N)c1. The van der Waals surface area contributed by atoms with E-state index >= 15 is 0 Å². The number of aromatic nitrogens is 1. The van der Waals surface area contributed by atoms with Gasteiger partial charge in [0.2, 0.25) is 6.19 Å². The zero-order chi connectivity index (χ0) is 19.1. The lowest BCUT2D eigenvalue weighted by Crippen LogP contribution is -2.36. The fourth-order valence-corrected chi connectivity index (χ4v) is 3.19. The molecule has 1 aromatic heterocycles. The number of aryl methyl sites for hydroxylation is 1. The second-order valence-electron chi connectivity index (χ2n) is 6.56. The smallest absolute Gasteiger partial charge is 0.207 e. The van der Waals surface area contributed by atoms with Gasteiger partial charge in [0.1, 0.15) is 5.84 Å². The maximum atomic E-state index is 9.21. The van der Waals surface area contributed by atoms with Crippen LogP contribution in [0.5, 0.6) is 0 Å². The highest BCUT2D eigenvalue weighted by Gasteiger charge is 2.13. The van der Waals surface area contributed by atoms with Crippen molar-refractivity contribution in [1.82, 2.24) is 9.88 Å². The third-order valence-electron chi connectivity index (χ3n) is 4.47. The van der Waals surface area contributed by atoms with E-state index in [2.05, 4.69) is 58.2 Å². The molecular formula is C22H23N5. The van der Waals surface area contributed by atoms with Crippen LogP contribution in [0.3, 0.4) is 0 Å². The summed E-state index contributed by atoms with van der Waals surface area (Å²) in [4.78, 5) is 10.4. The zero-order valence-electron chi connectivity index (χ0n) is 15.5. The minimum Gasteiger partial charge on any atom is -0.353 e. The summed E-state index contributed by atoms with van der Waals surface area (Å²) in [5.41, 5.74) is 9.32. The normalized spacial score (nSPS) is 11.4. The van der Waals surface area contributed by atoms with Crippen molar-refractivity contribution in [3.63, 3.8) is 0 Å². The average Bonchev–Trinajstić information content (AvgIpc) is 2.67. The largest absolute Gasteiger partial charge is 0.353 e. The first-order valence-corrected chi connectivity index (χ1v) is 8.98. The van der Waals surface area contributed by atoms with Gasteiger partial charge >= 0.3 is 0 Å². The Hall–Kier alpha value is -3.23. The van der Waals surface area contributed by atoms with Crippen molar-refractivity contribution in [2.24, 2.45) is 10.7 Å². The molecule has 1 heterocycles. The van der Waals surface area contributed by atoms with Gasteiger partial charge in [-0.1, -0.05) is 48.0 Å². The zero-order valence-corrected chi connectivity index (χ0v) is 15.5. The van der Waals surface area contributed by atoms with E-state index in [4.69, 9.17) is 5.73 Å². The van der Waals surface area contributed by atoms with Crippen molar-refractivity contribution in [2.75, 3.05) is 13.1 Å². The number of nitrogens with two attached hydrogens (primary N) is 1. The number of amidine groups is 1. The molecule has 3 aromatic rings. The van der Waals surface area contributed by atoms with Crippen molar-refractivity contribution in [3.8, 4) is 6.19 Å². The fraction of sp³-hybridized carbons (Fsp3) is 0.227. The number of aliphatic imine (C=N–C) groups is 1. The lowest BCUT2D eigenvalue weighted by molar-refractivity contribution is 0.416. The molecule has 3 rings (SSSR count). The molecule has 0 amide bonds. The maximum absolute atomic E-state index is 9.21. The predicted molar refractivity (Wildman–Crippen MR) is 109 cm³/mol. The van der Waals surface area contributed by atoms with Crippen molar-refractivity contribution in [2.45, 2.75) is 19.9 Å². The standard InChI is InChI=1S/C22H23N5/c1-17-3-2-4-19(11-17)15-27(10-8-23)22(26-16-24)13-18-5-6-21-14-25-9-7-20(21)12-18/h2-7,9,11-12,14H,8,10,13,15,23H2,1H3. The lowest BCUT2D eigenvalue weighted by atomic mass is 10.1. The molecule has 0 aliphatic carbocycles. The van der Waals surface area contributed by atoms with E-state index in [-0.39, 0.29) is 0 Å². The molecule has 0 saturated carbocycles. The molecule has 2 aromatic carbocycles. The van der Waals surface area contributed by atoms with E-state index in [1.54, 1.807) is 6.20 Å². The minimum atomic E-state index is 0.500. The molecule has 0 fully saturated rings. The first kappa shape index (κ1) is 18.6. The number of rotatable bonds is 6. The van der Waals surface area contributed by atoms with Gasteiger partial charge in [-0.25, -0.2) is 0 Å². The third-order valence-corrected chi connectivity index (χ3v) is 4.47. The summed E-state index contributed by atoms with van der Waals surface area (Å²) in [6.45, 7) is 3.90. The number of nitrogens with zero attached hydrogens (tertiary/aromatic N) is 4. The van der Waals surface area contributed by atoms with Crippen LogP contribution in [0, 0.1) is 18.4 Å². The number of nitriles is 1. The molecule has 2 N–H and O–H groups in total. The van der Waals surface area contributed by atoms with Crippen LogP contribution in [0.25, 0.3) is 10.8 Å². The van der Waals surface area contributed by atoms with Gasteiger partial charge in [0, 0.05) is 43.8 Å². The summed E-state index contributed by atoms with van der Waals surface area (Å²) in [7, 11) is 0. The monoisotopic (exact) mass is 357 g/mol. The number of benzene rings is 2. The molecule has 0 aliphatic rings. The molecule has 5 heteroatoms. The number of hydrogen-bond acceptors (Lipinski definition) is 4. The molecule has 0 unspecified atom stereocenters. The Kier molecular flexibility index (Phi) is 6.14. The molecule has 136 valence electrons. The van der Waals surface area contributed by atoms with E-state index in [1.165, 1.54) is 11.1 Å².